The first kappa shape index (κ1) is 8.56. The minimum absolute atomic E-state index is 0.113. The van der Waals surface area contributed by atoms with E-state index in [0.717, 1.165) is 6.42 Å². The van der Waals surface area contributed by atoms with E-state index in [1.807, 2.05) is 6.92 Å². The van der Waals surface area contributed by atoms with Crippen molar-refractivity contribution in [3.63, 3.8) is 0 Å². The lowest BCUT2D eigenvalue weighted by atomic mass is 10.3. The molecule has 4 heteroatoms. The van der Waals surface area contributed by atoms with Gasteiger partial charge < -0.3 is 10.5 Å². The molecule has 0 bridgehead atoms. The predicted molar refractivity (Wildman–Crippen MR) is 35.5 cm³/mol. The molecule has 0 unspecified atom stereocenters. The molecule has 0 radical (unpaired) electrons. The number of rotatable bonds is 3. The molecule has 0 saturated heterocycles. The Hall–Kier alpha value is -0.440. The Morgan fingerprint density at radius 3 is 2.78 bits per heavy atom. The summed E-state index contributed by atoms with van der Waals surface area (Å²) in [5, 5.41) is -0.113. The number of ether oxygens (including phenoxy) is 1. The van der Waals surface area contributed by atoms with Crippen LogP contribution < -0.4 is 5.73 Å². The van der Waals surface area contributed by atoms with Gasteiger partial charge in [0.15, 0.2) is 0 Å². The van der Waals surface area contributed by atoms with Gasteiger partial charge in [0, 0.05) is 0 Å². The van der Waals surface area contributed by atoms with E-state index in [1.165, 1.54) is 0 Å². The fourth-order valence-corrected chi connectivity index (χ4v) is 0.353. The van der Waals surface area contributed by atoms with Crippen molar-refractivity contribution in [2.45, 2.75) is 18.7 Å². The maximum absolute atomic E-state index is 9.96. The van der Waals surface area contributed by atoms with Crippen LogP contribution >= 0.6 is 11.6 Å². The highest BCUT2D eigenvalue weighted by molar-refractivity contribution is 6.20. The molecule has 0 heterocycles. The van der Waals surface area contributed by atoms with Crippen molar-refractivity contribution in [2.75, 3.05) is 6.61 Å². The first-order valence-electron chi connectivity index (χ1n) is 2.73. The lowest BCUT2D eigenvalue weighted by Crippen LogP contribution is -2.18. The number of nitrogens with two attached hydrogens (primary N) is 1. The molecule has 0 fully saturated rings. The molecule has 3 nitrogen and oxygen atoms in total. The van der Waals surface area contributed by atoms with Crippen LogP contribution in [0, 0.1) is 0 Å². The van der Waals surface area contributed by atoms with Crippen molar-refractivity contribution < 1.29 is 9.53 Å². The summed E-state index contributed by atoms with van der Waals surface area (Å²) in [6.45, 7) is 2.11. The standard InChI is InChI=1S/C5H10ClNO2/c1-2-4(6)3-9-5(7)8/h4H,2-3H2,1H3,(H2,7,8)/t4-/m0/s1. The summed E-state index contributed by atoms with van der Waals surface area (Å²) in [4.78, 5) is 9.96. The maximum atomic E-state index is 9.96. The largest absolute Gasteiger partial charge is 0.448 e. The van der Waals surface area contributed by atoms with E-state index in [1.54, 1.807) is 0 Å². The summed E-state index contributed by atoms with van der Waals surface area (Å²) < 4.78 is 4.40. The van der Waals surface area contributed by atoms with E-state index in [-0.39, 0.29) is 12.0 Å². The third kappa shape index (κ3) is 5.43. The smallest absolute Gasteiger partial charge is 0.404 e. The van der Waals surface area contributed by atoms with Gasteiger partial charge in [-0.25, -0.2) is 4.79 Å². The number of hydrogen-bond donors (Lipinski definition) is 1. The number of alkyl halides is 1. The van der Waals surface area contributed by atoms with Crippen LogP contribution in [0.25, 0.3) is 0 Å². The highest BCUT2D eigenvalue weighted by Crippen LogP contribution is 2.00. The van der Waals surface area contributed by atoms with Crippen LogP contribution in [0.2, 0.25) is 0 Å². The summed E-state index contributed by atoms with van der Waals surface area (Å²) in [7, 11) is 0. The Bertz CT molecular complexity index is 97.0. The molecule has 1 atom stereocenters. The number of carbonyl (C=O) groups is 1. The van der Waals surface area contributed by atoms with E-state index in [4.69, 9.17) is 11.6 Å². The van der Waals surface area contributed by atoms with Crippen molar-refractivity contribution >= 4 is 17.7 Å². The van der Waals surface area contributed by atoms with Crippen LogP contribution in [0.5, 0.6) is 0 Å². The number of primary amides is 1. The zero-order valence-corrected chi connectivity index (χ0v) is 6.02. The Balaban J connectivity index is 3.16. The van der Waals surface area contributed by atoms with Gasteiger partial charge in [-0.15, -0.1) is 11.6 Å². The molecule has 2 N–H and O–H groups in total. The zero-order chi connectivity index (χ0) is 7.28. The quantitative estimate of drug-likeness (QED) is 0.615. The number of halogens is 1. The van der Waals surface area contributed by atoms with Crippen molar-refractivity contribution in [1.29, 1.82) is 0 Å². The highest BCUT2D eigenvalue weighted by Gasteiger charge is 2.02. The molecule has 0 aliphatic heterocycles. The van der Waals surface area contributed by atoms with Crippen LogP contribution in [-0.4, -0.2) is 18.1 Å². The molecule has 0 aliphatic rings. The van der Waals surface area contributed by atoms with Crippen molar-refractivity contribution in [3.05, 3.63) is 0 Å². The summed E-state index contributed by atoms with van der Waals surface area (Å²) >= 11 is 5.58. The average molecular weight is 152 g/mol. The monoisotopic (exact) mass is 151 g/mol. The Morgan fingerprint density at radius 2 is 2.44 bits per heavy atom. The molecule has 0 spiro atoms. The first-order valence-corrected chi connectivity index (χ1v) is 3.16. The predicted octanol–water partition coefficient (Wildman–Crippen LogP) is 1.10. The zero-order valence-electron chi connectivity index (χ0n) is 5.26. The lowest BCUT2D eigenvalue weighted by molar-refractivity contribution is 0.156. The first-order chi connectivity index (χ1) is 4.16. The van der Waals surface area contributed by atoms with Crippen LogP contribution in [0.1, 0.15) is 13.3 Å². The second-order valence-electron chi connectivity index (χ2n) is 1.64. The lowest BCUT2D eigenvalue weighted by Gasteiger charge is -2.03. The molecule has 0 aromatic rings. The van der Waals surface area contributed by atoms with Gasteiger partial charge in [-0.05, 0) is 6.42 Å². The summed E-state index contributed by atoms with van der Waals surface area (Å²) in [5.74, 6) is 0. The fraction of sp³-hybridized carbons (Fsp3) is 0.800. The van der Waals surface area contributed by atoms with Gasteiger partial charge in [0.1, 0.15) is 6.61 Å². The van der Waals surface area contributed by atoms with Crippen molar-refractivity contribution in [2.24, 2.45) is 5.73 Å². The minimum atomic E-state index is -0.769. The van der Waals surface area contributed by atoms with Gasteiger partial charge in [-0.2, -0.15) is 0 Å². The number of carbonyl (C=O) groups excluding carboxylic acids is 1. The molecular formula is C5H10ClNO2. The second-order valence-corrected chi connectivity index (χ2v) is 2.25. The highest BCUT2D eigenvalue weighted by atomic mass is 35.5. The van der Waals surface area contributed by atoms with Gasteiger partial charge in [-0.1, -0.05) is 6.92 Å². The SMILES string of the molecule is CC[C@H](Cl)COC(N)=O. The topological polar surface area (TPSA) is 52.3 Å². The summed E-state index contributed by atoms with van der Waals surface area (Å²) in [6.07, 6.45) is 0.00330. The molecule has 54 valence electrons. The van der Waals surface area contributed by atoms with Gasteiger partial charge >= 0.3 is 6.09 Å². The molecule has 0 aliphatic carbocycles. The maximum Gasteiger partial charge on any atom is 0.404 e. The van der Waals surface area contributed by atoms with Crippen LogP contribution in [0.3, 0.4) is 0 Å². The minimum Gasteiger partial charge on any atom is -0.448 e. The van der Waals surface area contributed by atoms with Crippen molar-refractivity contribution in [3.8, 4) is 0 Å². The third-order valence-electron chi connectivity index (χ3n) is 0.849. The molecule has 0 aromatic heterocycles. The molecular weight excluding hydrogens is 142 g/mol. The summed E-state index contributed by atoms with van der Waals surface area (Å²) in [5.41, 5.74) is 4.68. The van der Waals surface area contributed by atoms with Crippen molar-refractivity contribution in [1.82, 2.24) is 0 Å². The second kappa shape index (κ2) is 4.44. The number of amides is 1. The Morgan fingerprint density at radius 1 is 1.89 bits per heavy atom. The number of hydrogen-bond acceptors (Lipinski definition) is 2. The van der Waals surface area contributed by atoms with E-state index < -0.39 is 6.09 Å². The van der Waals surface area contributed by atoms with Gasteiger partial charge in [0.2, 0.25) is 0 Å². The molecule has 0 aromatic carbocycles. The molecule has 0 saturated carbocycles. The fourth-order valence-electron chi connectivity index (χ4n) is 0.290. The Labute approximate surface area is 59.1 Å². The van der Waals surface area contributed by atoms with E-state index in [2.05, 4.69) is 10.5 Å². The van der Waals surface area contributed by atoms with Gasteiger partial charge in [-0.3, -0.25) is 0 Å². The van der Waals surface area contributed by atoms with Gasteiger partial charge in [0.05, 0.1) is 5.38 Å². The average Bonchev–Trinajstić information content (AvgIpc) is 1.83. The third-order valence-corrected chi connectivity index (χ3v) is 1.28. The molecule has 0 rings (SSSR count). The van der Waals surface area contributed by atoms with Crippen LogP contribution in [0.4, 0.5) is 4.79 Å². The normalized spacial score (nSPS) is 12.7. The van der Waals surface area contributed by atoms with Gasteiger partial charge in [0.25, 0.3) is 0 Å². The Kier molecular flexibility index (Phi) is 4.22. The van der Waals surface area contributed by atoms with Crippen LogP contribution in [-0.2, 0) is 4.74 Å². The molecule has 1 amide bonds. The van der Waals surface area contributed by atoms with E-state index in [9.17, 15) is 4.79 Å². The van der Waals surface area contributed by atoms with Crippen LogP contribution in [0.15, 0.2) is 0 Å². The molecule has 9 heavy (non-hydrogen) atoms. The van der Waals surface area contributed by atoms with E-state index >= 15 is 0 Å². The van der Waals surface area contributed by atoms with E-state index in [0.29, 0.717) is 0 Å². The summed E-state index contributed by atoms with van der Waals surface area (Å²) in [6, 6.07) is 0.